The van der Waals surface area contributed by atoms with Crippen LogP contribution in [0.4, 0.5) is 5.69 Å². The summed E-state index contributed by atoms with van der Waals surface area (Å²) in [5, 5.41) is 5.61. The predicted molar refractivity (Wildman–Crippen MR) is 115 cm³/mol. The van der Waals surface area contributed by atoms with Crippen molar-refractivity contribution in [3.63, 3.8) is 0 Å². The largest absolute Gasteiger partial charge is 0.493 e. The summed E-state index contributed by atoms with van der Waals surface area (Å²) in [4.78, 5) is 37.6. The molecular formula is C23H28N2O5. The van der Waals surface area contributed by atoms with E-state index in [1.54, 1.807) is 42.5 Å². The van der Waals surface area contributed by atoms with Crippen LogP contribution in [-0.4, -0.2) is 37.5 Å². The standard InChI is InChI=1S/C23H28N2O5/c1-6-30-19-10-8-7-9-17(19)21(26)25-20(14(2)3)22(27)24-18-13-16(23(28)29-5)12-11-15(18)4/h7-14,20H,6H2,1-5H3,(H,24,27)(H,25,26). The first-order chi connectivity index (χ1) is 14.3. The number of rotatable bonds is 8. The highest BCUT2D eigenvalue weighted by molar-refractivity contribution is 6.03. The van der Waals surface area contributed by atoms with Crippen molar-refractivity contribution in [3.8, 4) is 5.75 Å². The van der Waals surface area contributed by atoms with Gasteiger partial charge in [0.25, 0.3) is 5.91 Å². The van der Waals surface area contributed by atoms with E-state index in [9.17, 15) is 14.4 Å². The SMILES string of the molecule is CCOc1ccccc1C(=O)NC(C(=O)Nc1cc(C(=O)OC)ccc1C)C(C)C. The number of esters is 1. The minimum atomic E-state index is -0.784. The Kier molecular flexibility index (Phi) is 7.98. The van der Waals surface area contributed by atoms with Crippen LogP contribution in [0.15, 0.2) is 42.5 Å². The van der Waals surface area contributed by atoms with E-state index >= 15 is 0 Å². The van der Waals surface area contributed by atoms with E-state index in [4.69, 9.17) is 9.47 Å². The van der Waals surface area contributed by atoms with Crippen LogP contribution >= 0.6 is 0 Å². The molecule has 0 aliphatic rings. The zero-order valence-electron chi connectivity index (χ0n) is 17.9. The summed E-state index contributed by atoms with van der Waals surface area (Å²) >= 11 is 0. The summed E-state index contributed by atoms with van der Waals surface area (Å²) in [5.74, 6) is -0.976. The Bertz CT molecular complexity index is 924. The Morgan fingerprint density at radius 3 is 2.40 bits per heavy atom. The lowest BCUT2D eigenvalue weighted by atomic mass is 10.0. The number of ether oxygens (including phenoxy) is 2. The third-order valence-electron chi connectivity index (χ3n) is 4.58. The molecule has 0 aromatic heterocycles. The van der Waals surface area contributed by atoms with E-state index in [2.05, 4.69) is 10.6 Å². The van der Waals surface area contributed by atoms with Crippen molar-refractivity contribution in [2.24, 2.45) is 5.92 Å². The smallest absolute Gasteiger partial charge is 0.337 e. The molecule has 160 valence electrons. The summed E-state index contributed by atoms with van der Waals surface area (Å²) in [6, 6.07) is 11.0. The number of para-hydroxylation sites is 1. The van der Waals surface area contributed by atoms with Crippen molar-refractivity contribution >= 4 is 23.5 Å². The molecule has 0 aliphatic carbocycles. The number of amides is 2. The van der Waals surface area contributed by atoms with Crippen LogP contribution in [0.1, 0.15) is 47.1 Å². The molecule has 0 radical (unpaired) electrons. The van der Waals surface area contributed by atoms with E-state index in [0.29, 0.717) is 29.2 Å². The van der Waals surface area contributed by atoms with Gasteiger partial charge in [-0.2, -0.15) is 0 Å². The van der Waals surface area contributed by atoms with Crippen molar-refractivity contribution in [3.05, 3.63) is 59.2 Å². The van der Waals surface area contributed by atoms with E-state index < -0.39 is 17.9 Å². The first-order valence-corrected chi connectivity index (χ1v) is 9.81. The molecule has 2 aromatic carbocycles. The minimum absolute atomic E-state index is 0.169. The summed E-state index contributed by atoms with van der Waals surface area (Å²) in [5.41, 5.74) is 1.96. The molecule has 2 rings (SSSR count). The third-order valence-corrected chi connectivity index (χ3v) is 4.58. The molecule has 1 atom stereocenters. The fourth-order valence-corrected chi connectivity index (χ4v) is 2.90. The number of methoxy groups -OCH3 is 1. The molecule has 7 nitrogen and oxygen atoms in total. The summed E-state index contributed by atoms with van der Waals surface area (Å²) in [6.07, 6.45) is 0. The Labute approximate surface area is 176 Å². The Morgan fingerprint density at radius 1 is 1.07 bits per heavy atom. The number of carbonyl (C=O) groups is 3. The monoisotopic (exact) mass is 412 g/mol. The lowest BCUT2D eigenvalue weighted by Crippen LogP contribution is -2.47. The maximum Gasteiger partial charge on any atom is 0.337 e. The van der Waals surface area contributed by atoms with Crippen molar-refractivity contribution < 1.29 is 23.9 Å². The molecule has 0 heterocycles. The number of anilines is 1. The molecule has 0 fully saturated rings. The van der Waals surface area contributed by atoms with Gasteiger partial charge in [0.1, 0.15) is 11.8 Å². The highest BCUT2D eigenvalue weighted by atomic mass is 16.5. The fourth-order valence-electron chi connectivity index (χ4n) is 2.90. The van der Waals surface area contributed by atoms with Gasteiger partial charge >= 0.3 is 5.97 Å². The van der Waals surface area contributed by atoms with Gasteiger partial charge in [-0.25, -0.2) is 4.79 Å². The first kappa shape index (κ1) is 22.9. The number of carbonyl (C=O) groups excluding carboxylic acids is 3. The molecular weight excluding hydrogens is 384 g/mol. The molecule has 0 bridgehead atoms. The lowest BCUT2D eigenvalue weighted by Gasteiger charge is -2.23. The number of hydrogen-bond acceptors (Lipinski definition) is 5. The predicted octanol–water partition coefficient (Wildman–Crippen LogP) is 3.57. The third kappa shape index (κ3) is 5.59. The minimum Gasteiger partial charge on any atom is -0.493 e. The van der Waals surface area contributed by atoms with Crippen LogP contribution in [0.5, 0.6) is 5.75 Å². The molecule has 2 N–H and O–H groups in total. The summed E-state index contributed by atoms with van der Waals surface area (Å²) in [6.45, 7) is 7.77. The maximum atomic E-state index is 13.0. The highest BCUT2D eigenvalue weighted by Gasteiger charge is 2.26. The van der Waals surface area contributed by atoms with Crippen LogP contribution in [-0.2, 0) is 9.53 Å². The Balaban J connectivity index is 2.22. The van der Waals surface area contributed by atoms with Crippen molar-refractivity contribution in [1.29, 1.82) is 0 Å². The van der Waals surface area contributed by atoms with Gasteiger partial charge in [0.2, 0.25) is 5.91 Å². The van der Waals surface area contributed by atoms with E-state index in [1.807, 2.05) is 27.7 Å². The maximum absolute atomic E-state index is 13.0. The number of nitrogens with one attached hydrogen (secondary N) is 2. The van der Waals surface area contributed by atoms with E-state index in [-0.39, 0.29) is 11.8 Å². The van der Waals surface area contributed by atoms with Gasteiger partial charge in [0.05, 0.1) is 24.8 Å². The van der Waals surface area contributed by atoms with E-state index in [1.165, 1.54) is 7.11 Å². The average Bonchev–Trinajstić information content (AvgIpc) is 2.73. The van der Waals surface area contributed by atoms with Gasteiger partial charge in [-0.1, -0.05) is 32.0 Å². The average molecular weight is 412 g/mol. The molecule has 0 saturated carbocycles. The fraction of sp³-hybridized carbons (Fsp3) is 0.348. The molecule has 2 aromatic rings. The van der Waals surface area contributed by atoms with Crippen molar-refractivity contribution in [1.82, 2.24) is 5.32 Å². The first-order valence-electron chi connectivity index (χ1n) is 9.81. The van der Waals surface area contributed by atoms with Crippen molar-refractivity contribution in [2.45, 2.75) is 33.7 Å². The molecule has 0 spiro atoms. The quantitative estimate of drug-likeness (QED) is 0.647. The second kappa shape index (κ2) is 10.4. The molecule has 1 unspecified atom stereocenters. The van der Waals surface area contributed by atoms with Crippen LogP contribution in [0.25, 0.3) is 0 Å². The zero-order valence-corrected chi connectivity index (χ0v) is 17.9. The highest BCUT2D eigenvalue weighted by Crippen LogP contribution is 2.20. The second-order valence-corrected chi connectivity index (χ2v) is 7.13. The van der Waals surface area contributed by atoms with Gasteiger partial charge in [-0.3, -0.25) is 9.59 Å². The van der Waals surface area contributed by atoms with Gasteiger partial charge in [0, 0.05) is 5.69 Å². The van der Waals surface area contributed by atoms with Gasteiger partial charge < -0.3 is 20.1 Å². The zero-order chi connectivity index (χ0) is 22.3. The lowest BCUT2D eigenvalue weighted by molar-refractivity contribution is -0.118. The van der Waals surface area contributed by atoms with Crippen LogP contribution in [0.3, 0.4) is 0 Å². The van der Waals surface area contributed by atoms with Crippen LogP contribution < -0.4 is 15.4 Å². The number of aryl methyl sites for hydroxylation is 1. The van der Waals surface area contributed by atoms with E-state index in [0.717, 1.165) is 5.56 Å². The second-order valence-electron chi connectivity index (χ2n) is 7.13. The number of benzene rings is 2. The van der Waals surface area contributed by atoms with Crippen molar-refractivity contribution in [2.75, 3.05) is 19.0 Å². The van der Waals surface area contributed by atoms with Gasteiger partial charge in [-0.05, 0) is 49.6 Å². The van der Waals surface area contributed by atoms with Crippen LogP contribution in [0.2, 0.25) is 0 Å². The summed E-state index contributed by atoms with van der Waals surface area (Å²) in [7, 11) is 1.30. The molecule has 2 amide bonds. The molecule has 7 heteroatoms. The van der Waals surface area contributed by atoms with Gasteiger partial charge in [0.15, 0.2) is 0 Å². The molecule has 0 aliphatic heterocycles. The Hall–Kier alpha value is -3.35. The normalized spacial score (nSPS) is 11.5. The molecule has 0 saturated heterocycles. The van der Waals surface area contributed by atoms with Gasteiger partial charge in [-0.15, -0.1) is 0 Å². The Morgan fingerprint density at radius 2 is 1.77 bits per heavy atom. The topological polar surface area (TPSA) is 93.7 Å². The number of hydrogen-bond donors (Lipinski definition) is 2. The van der Waals surface area contributed by atoms with Crippen LogP contribution in [0, 0.1) is 12.8 Å². The molecule has 30 heavy (non-hydrogen) atoms. The summed E-state index contributed by atoms with van der Waals surface area (Å²) < 4.78 is 10.2.